The molecule has 3 nitrogen and oxygen atoms in total. The maximum absolute atomic E-state index is 4.64. The third-order valence-corrected chi connectivity index (χ3v) is 4.28. The summed E-state index contributed by atoms with van der Waals surface area (Å²) >= 11 is 5.11. The zero-order valence-corrected chi connectivity index (χ0v) is 10.9. The van der Waals surface area contributed by atoms with E-state index < -0.39 is 0 Å². The molecule has 3 rings (SSSR count). The summed E-state index contributed by atoms with van der Waals surface area (Å²) in [6, 6.07) is 2.06. The van der Waals surface area contributed by atoms with Crippen molar-refractivity contribution in [1.82, 2.24) is 15.3 Å². The molecular formula is C11H10BrN3S. The van der Waals surface area contributed by atoms with E-state index in [4.69, 9.17) is 0 Å². The quantitative estimate of drug-likeness (QED) is 0.879. The molecule has 0 amide bonds. The van der Waals surface area contributed by atoms with Crippen molar-refractivity contribution in [2.45, 2.75) is 13.0 Å². The molecule has 0 aliphatic carbocycles. The lowest BCUT2D eigenvalue weighted by molar-refractivity contribution is 0.627. The van der Waals surface area contributed by atoms with Gasteiger partial charge in [0.2, 0.25) is 0 Å². The molecule has 16 heavy (non-hydrogen) atoms. The minimum Gasteiger partial charge on any atom is -0.312 e. The fraction of sp³-hybridized carbons (Fsp3) is 0.273. The van der Waals surface area contributed by atoms with Crippen LogP contribution in [0.2, 0.25) is 0 Å². The van der Waals surface area contributed by atoms with Crippen molar-refractivity contribution in [1.29, 1.82) is 0 Å². The van der Waals surface area contributed by atoms with Crippen molar-refractivity contribution in [3.8, 4) is 10.7 Å². The molecule has 0 unspecified atom stereocenters. The van der Waals surface area contributed by atoms with Crippen LogP contribution in [0.5, 0.6) is 0 Å². The Kier molecular flexibility index (Phi) is 2.75. The lowest BCUT2D eigenvalue weighted by atomic mass is 10.1. The van der Waals surface area contributed by atoms with E-state index in [9.17, 15) is 0 Å². The predicted molar refractivity (Wildman–Crippen MR) is 68.5 cm³/mol. The minimum absolute atomic E-state index is 0.844. The summed E-state index contributed by atoms with van der Waals surface area (Å²) in [6.45, 7) is 1.90. The molecule has 1 N–H and O–H groups in total. The molecule has 0 saturated heterocycles. The number of thiophene rings is 1. The van der Waals surface area contributed by atoms with Crippen molar-refractivity contribution in [2.24, 2.45) is 0 Å². The van der Waals surface area contributed by atoms with Gasteiger partial charge in [-0.25, -0.2) is 9.97 Å². The summed E-state index contributed by atoms with van der Waals surface area (Å²) in [5.41, 5.74) is 2.42. The maximum Gasteiger partial charge on any atom is 0.169 e. The molecule has 5 heteroatoms. The third-order valence-electron chi connectivity index (χ3n) is 2.60. The Balaban J connectivity index is 2.02. The van der Waals surface area contributed by atoms with Gasteiger partial charge in [0, 0.05) is 41.1 Å². The molecular weight excluding hydrogens is 286 g/mol. The van der Waals surface area contributed by atoms with Gasteiger partial charge in [-0.1, -0.05) is 0 Å². The number of nitrogens with one attached hydrogen (secondary N) is 1. The molecule has 82 valence electrons. The van der Waals surface area contributed by atoms with Gasteiger partial charge in [0.1, 0.15) is 0 Å². The lowest BCUT2D eigenvalue weighted by Crippen LogP contribution is -2.24. The number of rotatable bonds is 1. The van der Waals surface area contributed by atoms with E-state index in [-0.39, 0.29) is 0 Å². The second-order valence-electron chi connectivity index (χ2n) is 3.72. The van der Waals surface area contributed by atoms with Crippen molar-refractivity contribution in [3.05, 3.63) is 33.4 Å². The molecule has 0 saturated carbocycles. The molecule has 0 aromatic carbocycles. The van der Waals surface area contributed by atoms with E-state index in [1.54, 1.807) is 11.3 Å². The van der Waals surface area contributed by atoms with Gasteiger partial charge >= 0.3 is 0 Å². The molecule has 2 aromatic heterocycles. The van der Waals surface area contributed by atoms with E-state index in [0.717, 1.165) is 34.7 Å². The van der Waals surface area contributed by atoms with Gasteiger partial charge in [-0.3, -0.25) is 0 Å². The van der Waals surface area contributed by atoms with Crippen LogP contribution in [-0.2, 0) is 13.0 Å². The first-order valence-electron chi connectivity index (χ1n) is 5.13. The van der Waals surface area contributed by atoms with Crippen LogP contribution in [0.25, 0.3) is 10.7 Å². The fourth-order valence-corrected chi connectivity index (χ4v) is 3.15. The Morgan fingerprint density at radius 2 is 2.38 bits per heavy atom. The van der Waals surface area contributed by atoms with E-state index >= 15 is 0 Å². The first kappa shape index (κ1) is 10.4. The predicted octanol–water partition coefficient (Wildman–Crippen LogP) is 2.61. The molecule has 2 aromatic rings. The van der Waals surface area contributed by atoms with Gasteiger partial charge in [0.15, 0.2) is 5.82 Å². The monoisotopic (exact) mass is 295 g/mol. The largest absolute Gasteiger partial charge is 0.312 e. The van der Waals surface area contributed by atoms with Crippen LogP contribution >= 0.6 is 27.3 Å². The number of fused-ring (bicyclic) bond motifs is 1. The summed E-state index contributed by atoms with van der Waals surface area (Å²) in [5.74, 6) is 0.844. The summed E-state index contributed by atoms with van der Waals surface area (Å²) in [5, 5.41) is 5.37. The highest BCUT2D eigenvalue weighted by atomic mass is 79.9. The van der Waals surface area contributed by atoms with Crippen LogP contribution in [0, 0.1) is 0 Å². The first-order chi connectivity index (χ1) is 7.83. The first-order valence-corrected chi connectivity index (χ1v) is 6.80. The molecule has 0 bridgehead atoms. The van der Waals surface area contributed by atoms with E-state index in [1.807, 2.05) is 6.20 Å². The number of hydrogen-bond donors (Lipinski definition) is 1. The van der Waals surface area contributed by atoms with E-state index in [1.165, 1.54) is 11.3 Å². The van der Waals surface area contributed by atoms with E-state index in [0.29, 0.717) is 0 Å². The molecule has 1 aliphatic heterocycles. The van der Waals surface area contributed by atoms with Crippen molar-refractivity contribution < 1.29 is 0 Å². The SMILES string of the molecule is Brc1csc(-c2ncc3c(n2)CCNC3)c1. The van der Waals surface area contributed by atoms with Gasteiger partial charge < -0.3 is 5.32 Å². The van der Waals surface area contributed by atoms with Gasteiger partial charge in [0.05, 0.1) is 10.6 Å². The zero-order chi connectivity index (χ0) is 11.0. The summed E-state index contributed by atoms with van der Waals surface area (Å²) < 4.78 is 1.09. The van der Waals surface area contributed by atoms with Gasteiger partial charge in [-0.15, -0.1) is 11.3 Å². The van der Waals surface area contributed by atoms with Crippen LogP contribution < -0.4 is 5.32 Å². The minimum atomic E-state index is 0.844. The normalized spacial score (nSPS) is 14.8. The highest BCUT2D eigenvalue weighted by Gasteiger charge is 2.13. The average Bonchev–Trinajstić information content (AvgIpc) is 2.75. The van der Waals surface area contributed by atoms with Crippen LogP contribution in [-0.4, -0.2) is 16.5 Å². The second kappa shape index (κ2) is 4.24. The summed E-state index contributed by atoms with van der Waals surface area (Å²) in [7, 11) is 0. The number of halogens is 1. The Labute approximate surface area is 106 Å². The average molecular weight is 296 g/mol. The molecule has 0 atom stereocenters. The maximum atomic E-state index is 4.64. The van der Waals surface area contributed by atoms with Gasteiger partial charge in [-0.2, -0.15) is 0 Å². The lowest BCUT2D eigenvalue weighted by Gasteiger charge is -2.15. The van der Waals surface area contributed by atoms with Crippen LogP contribution in [0.3, 0.4) is 0 Å². The zero-order valence-electron chi connectivity index (χ0n) is 8.53. The fourth-order valence-electron chi connectivity index (χ4n) is 1.79. The Bertz CT molecular complexity index is 524. The molecule has 0 spiro atoms. The van der Waals surface area contributed by atoms with Crippen molar-refractivity contribution in [3.63, 3.8) is 0 Å². The second-order valence-corrected chi connectivity index (χ2v) is 5.55. The van der Waals surface area contributed by atoms with Crippen molar-refractivity contribution in [2.75, 3.05) is 6.54 Å². The smallest absolute Gasteiger partial charge is 0.169 e. The van der Waals surface area contributed by atoms with Gasteiger partial charge in [0.25, 0.3) is 0 Å². The molecule has 0 fully saturated rings. The molecule has 0 radical (unpaired) electrons. The Morgan fingerprint density at radius 3 is 3.19 bits per heavy atom. The number of nitrogens with zero attached hydrogens (tertiary/aromatic N) is 2. The summed E-state index contributed by atoms with van der Waals surface area (Å²) in [4.78, 5) is 10.2. The summed E-state index contributed by atoms with van der Waals surface area (Å²) in [6.07, 6.45) is 2.94. The van der Waals surface area contributed by atoms with Crippen LogP contribution in [0.1, 0.15) is 11.3 Å². The molecule has 1 aliphatic rings. The standard InChI is InChI=1S/C11H10BrN3S/c12-8-3-10(16-6-8)11-14-5-7-4-13-2-1-9(7)15-11/h3,5-6,13H,1-2,4H2. The third kappa shape index (κ3) is 1.90. The van der Waals surface area contributed by atoms with Gasteiger partial charge in [-0.05, 0) is 22.0 Å². The van der Waals surface area contributed by atoms with Crippen LogP contribution in [0.4, 0.5) is 0 Å². The van der Waals surface area contributed by atoms with E-state index in [2.05, 4.69) is 42.7 Å². The van der Waals surface area contributed by atoms with Crippen molar-refractivity contribution >= 4 is 27.3 Å². The Hall–Kier alpha value is -0.780. The Morgan fingerprint density at radius 1 is 1.44 bits per heavy atom. The topological polar surface area (TPSA) is 37.8 Å². The highest BCUT2D eigenvalue weighted by molar-refractivity contribution is 9.10. The number of hydrogen-bond acceptors (Lipinski definition) is 4. The highest BCUT2D eigenvalue weighted by Crippen LogP contribution is 2.28. The molecule has 3 heterocycles. The number of aromatic nitrogens is 2. The van der Waals surface area contributed by atoms with Crippen LogP contribution in [0.15, 0.2) is 22.1 Å².